The number of aromatic nitrogens is 3. The molecule has 0 amide bonds. The fourth-order valence-corrected chi connectivity index (χ4v) is 2.13. The van der Waals surface area contributed by atoms with Crippen LogP contribution in [0, 0.1) is 0 Å². The second kappa shape index (κ2) is 5.67. The third-order valence-electron chi connectivity index (χ3n) is 3.22. The summed E-state index contributed by atoms with van der Waals surface area (Å²) in [5.74, 6) is 0. The Bertz CT molecular complexity index is 661. The minimum Gasteiger partial charge on any atom is -0.319 e. The van der Waals surface area contributed by atoms with Crippen molar-refractivity contribution in [2.45, 2.75) is 12.6 Å². The molecular weight excluding hydrogens is 248 g/mol. The first-order chi connectivity index (χ1) is 9.83. The van der Waals surface area contributed by atoms with Gasteiger partial charge in [-0.3, -0.25) is 0 Å². The maximum atomic E-state index is 6.21. The van der Waals surface area contributed by atoms with E-state index in [4.69, 9.17) is 5.73 Å². The summed E-state index contributed by atoms with van der Waals surface area (Å²) in [6.45, 7) is 0.704. The van der Waals surface area contributed by atoms with E-state index >= 15 is 0 Å². The first kappa shape index (κ1) is 12.6. The van der Waals surface area contributed by atoms with Crippen LogP contribution in [0.5, 0.6) is 0 Å². The summed E-state index contributed by atoms with van der Waals surface area (Å²) in [6, 6.07) is 19.9. The quantitative estimate of drug-likeness (QED) is 0.787. The summed E-state index contributed by atoms with van der Waals surface area (Å²) in [6.07, 6.45) is 1.91. The molecule has 2 aromatic carbocycles. The molecule has 0 saturated heterocycles. The van der Waals surface area contributed by atoms with E-state index in [2.05, 4.69) is 22.4 Å². The molecule has 3 aromatic rings. The first-order valence-corrected chi connectivity index (χ1v) is 6.57. The van der Waals surface area contributed by atoms with Crippen LogP contribution in [0.15, 0.2) is 66.9 Å². The summed E-state index contributed by atoms with van der Waals surface area (Å²) < 4.78 is 1.81. The zero-order valence-electron chi connectivity index (χ0n) is 11.1. The van der Waals surface area contributed by atoms with E-state index in [1.807, 2.05) is 59.4 Å². The SMILES string of the molecule is N[C@@H](c1ccccc1)c1cn(Cc2ccccc2)nn1. The smallest absolute Gasteiger partial charge is 0.104 e. The lowest BCUT2D eigenvalue weighted by Gasteiger charge is -2.07. The van der Waals surface area contributed by atoms with Crippen molar-refractivity contribution in [2.75, 3.05) is 0 Å². The van der Waals surface area contributed by atoms with Crippen molar-refractivity contribution in [2.24, 2.45) is 5.73 Å². The van der Waals surface area contributed by atoms with Gasteiger partial charge in [0.15, 0.2) is 0 Å². The molecule has 1 heterocycles. The van der Waals surface area contributed by atoms with Gasteiger partial charge in [0.25, 0.3) is 0 Å². The van der Waals surface area contributed by atoms with E-state index in [0.717, 1.165) is 11.3 Å². The molecule has 0 aliphatic rings. The number of rotatable bonds is 4. The van der Waals surface area contributed by atoms with Crippen molar-refractivity contribution >= 4 is 0 Å². The Kier molecular flexibility index (Phi) is 3.56. The van der Waals surface area contributed by atoms with E-state index in [0.29, 0.717) is 6.54 Å². The van der Waals surface area contributed by atoms with Gasteiger partial charge in [0.05, 0.1) is 18.8 Å². The second-order valence-corrected chi connectivity index (χ2v) is 4.71. The Morgan fingerprint density at radius 1 is 0.950 bits per heavy atom. The highest BCUT2D eigenvalue weighted by molar-refractivity contribution is 5.25. The Balaban J connectivity index is 1.77. The van der Waals surface area contributed by atoms with Gasteiger partial charge in [-0.15, -0.1) is 5.10 Å². The number of nitrogens with zero attached hydrogens (tertiary/aromatic N) is 3. The topological polar surface area (TPSA) is 56.7 Å². The lowest BCUT2D eigenvalue weighted by atomic mass is 10.1. The summed E-state index contributed by atoms with van der Waals surface area (Å²) in [4.78, 5) is 0. The fourth-order valence-electron chi connectivity index (χ4n) is 2.13. The van der Waals surface area contributed by atoms with Gasteiger partial charge < -0.3 is 5.73 Å². The molecule has 0 aliphatic heterocycles. The monoisotopic (exact) mass is 264 g/mol. The van der Waals surface area contributed by atoms with Crippen LogP contribution in [0.3, 0.4) is 0 Å². The van der Waals surface area contributed by atoms with Crippen molar-refractivity contribution in [1.29, 1.82) is 0 Å². The molecule has 0 unspecified atom stereocenters. The molecule has 1 atom stereocenters. The van der Waals surface area contributed by atoms with Crippen molar-refractivity contribution in [3.63, 3.8) is 0 Å². The highest BCUT2D eigenvalue weighted by Gasteiger charge is 2.12. The normalized spacial score (nSPS) is 12.2. The minimum absolute atomic E-state index is 0.235. The van der Waals surface area contributed by atoms with Crippen LogP contribution < -0.4 is 5.73 Å². The van der Waals surface area contributed by atoms with Gasteiger partial charge in [0.2, 0.25) is 0 Å². The third-order valence-corrected chi connectivity index (χ3v) is 3.22. The maximum Gasteiger partial charge on any atom is 0.104 e. The van der Waals surface area contributed by atoms with Crippen LogP contribution in [0.2, 0.25) is 0 Å². The first-order valence-electron chi connectivity index (χ1n) is 6.57. The van der Waals surface area contributed by atoms with E-state index < -0.39 is 0 Å². The van der Waals surface area contributed by atoms with E-state index in [9.17, 15) is 0 Å². The molecule has 1 aromatic heterocycles. The molecule has 2 N–H and O–H groups in total. The average Bonchev–Trinajstić information content (AvgIpc) is 2.97. The highest BCUT2D eigenvalue weighted by atomic mass is 15.4. The standard InChI is InChI=1S/C16H16N4/c17-16(14-9-5-2-6-10-14)15-12-20(19-18-15)11-13-7-3-1-4-8-13/h1-10,12,16H,11,17H2/t16-/m0/s1. The Morgan fingerprint density at radius 2 is 1.60 bits per heavy atom. The number of benzene rings is 2. The lowest BCUT2D eigenvalue weighted by Crippen LogP contribution is -2.12. The Hall–Kier alpha value is -2.46. The molecule has 20 heavy (non-hydrogen) atoms. The van der Waals surface area contributed by atoms with Gasteiger partial charge in [-0.05, 0) is 11.1 Å². The predicted molar refractivity (Wildman–Crippen MR) is 78.0 cm³/mol. The van der Waals surface area contributed by atoms with Crippen LogP contribution in [0.1, 0.15) is 22.9 Å². The lowest BCUT2D eigenvalue weighted by molar-refractivity contribution is 0.648. The molecule has 0 aliphatic carbocycles. The molecule has 0 radical (unpaired) electrons. The van der Waals surface area contributed by atoms with Gasteiger partial charge >= 0.3 is 0 Å². The molecule has 0 saturated carbocycles. The van der Waals surface area contributed by atoms with Crippen molar-refractivity contribution in [3.8, 4) is 0 Å². The zero-order chi connectivity index (χ0) is 13.8. The van der Waals surface area contributed by atoms with Crippen LogP contribution in [0.4, 0.5) is 0 Å². The maximum absolute atomic E-state index is 6.21. The summed E-state index contributed by atoms with van der Waals surface area (Å²) in [5, 5.41) is 8.32. The zero-order valence-corrected chi connectivity index (χ0v) is 11.1. The number of hydrogen-bond donors (Lipinski definition) is 1. The largest absolute Gasteiger partial charge is 0.319 e. The Labute approximate surface area is 117 Å². The van der Waals surface area contributed by atoms with Gasteiger partial charge in [0, 0.05) is 0 Å². The third kappa shape index (κ3) is 2.75. The molecular formula is C16H16N4. The molecule has 4 nitrogen and oxygen atoms in total. The fraction of sp³-hybridized carbons (Fsp3) is 0.125. The average molecular weight is 264 g/mol. The summed E-state index contributed by atoms with van der Waals surface area (Å²) >= 11 is 0. The van der Waals surface area contributed by atoms with E-state index in [1.54, 1.807) is 0 Å². The van der Waals surface area contributed by atoms with Crippen molar-refractivity contribution in [1.82, 2.24) is 15.0 Å². The molecule has 4 heteroatoms. The van der Waals surface area contributed by atoms with Crippen molar-refractivity contribution in [3.05, 3.63) is 83.7 Å². The Morgan fingerprint density at radius 3 is 2.30 bits per heavy atom. The molecule has 0 bridgehead atoms. The number of hydrogen-bond acceptors (Lipinski definition) is 3. The second-order valence-electron chi connectivity index (χ2n) is 4.71. The van der Waals surface area contributed by atoms with E-state index in [1.165, 1.54) is 5.56 Å². The molecule has 0 spiro atoms. The van der Waals surface area contributed by atoms with Gasteiger partial charge in [0.1, 0.15) is 5.69 Å². The van der Waals surface area contributed by atoms with E-state index in [-0.39, 0.29) is 6.04 Å². The van der Waals surface area contributed by atoms with Crippen LogP contribution in [-0.4, -0.2) is 15.0 Å². The molecule has 0 fully saturated rings. The van der Waals surface area contributed by atoms with Crippen LogP contribution in [0.25, 0.3) is 0 Å². The van der Waals surface area contributed by atoms with Crippen LogP contribution in [-0.2, 0) is 6.54 Å². The number of nitrogens with two attached hydrogens (primary N) is 1. The summed E-state index contributed by atoms with van der Waals surface area (Å²) in [5.41, 5.74) is 9.22. The van der Waals surface area contributed by atoms with Gasteiger partial charge in [-0.1, -0.05) is 65.9 Å². The van der Waals surface area contributed by atoms with Gasteiger partial charge in [-0.25, -0.2) is 4.68 Å². The molecule has 100 valence electrons. The molecule has 3 rings (SSSR count). The predicted octanol–water partition coefficient (Wildman–Crippen LogP) is 2.37. The minimum atomic E-state index is -0.235. The van der Waals surface area contributed by atoms with Gasteiger partial charge in [-0.2, -0.15) is 0 Å². The van der Waals surface area contributed by atoms with Crippen LogP contribution >= 0.6 is 0 Å². The van der Waals surface area contributed by atoms with Crippen molar-refractivity contribution < 1.29 is 0 Å². The highest BCUT2D eigenvalue weighted by Crippen LogP contribution is 2.16. The summed E-state index contributed by atoms with van der Waals surface area (Å²) in [7, 11) is 0.